The minimum absolute atomic E-state index is 0.138. The first kappa shape index (κ1) is 18.9. The lowest BCUT2D eigenvalue weighted by atomic mass is 10.0. The Hall–Kier alpha value is -3.41. The molecule has 0 amide bonds. The zero-order valence-corrected chi connectivity index (χ0v) is 16.4. The van der Waals surface area contributed by atoms with Crippen LogP contribution in [0.5, 0.6) is 5.75 Å². The quantitative estimate of drug-likeness (QED) is 0.595. The lowest BCUT2D eigenvalue weighted by Crippen LogP contribution is -2.38. The minimum atomic E-state index is 0.138. The summed E-state index contributed by atoms with van der Waals surface area (Å²) in [5.74, 6) is 0.811. The highest BCUT2D eigenvalue weighted by molar-refractivity contribution is 5.88. The van der Waals surface area contributed by atoms with Crippen molar-refractivity contribution in [1.29, 1.82) is 5.26 Å². The van der Waals surface area contributed by atoms with Crippen molar-refractivity contribution in [1.82, 2.24) is 9.88 Å². The molecule has 1 aliphatic heterocycles. The number of aryl methyl sites for hydroxylation is 1. The van der Waals surface area contributed by atoms with Crippen molar-refractivity contribution in [2.24, 2.45) is 0 Å². The number of piperidine rings is 1. The van der Waals surface area contributed by atoms with E-state index in [2.05, 4.69) is 20.8 Å². The lowest BCUT2D eigenvalue weighted by Gasteiger charge is -2.32. The zero-order chi connectivity index (χ0) is 20.2. The molecular weight excluding hydrogens is 360 g/mol. The molecule has 0 unspecified atom stereocenters. The molecule has 1 aliphatic rings. The van der Waals surface area contributed by atoms with Gasteiger partial charge in [-0.05, 0) is 43.5 Å². The molecule has 1 aromatic heterocycles. The number of hydrogen-bond donors (Lipinski definition) is 0. The third kappa shape index (κ3) is 4.21. The van der Waals surface area contributed by atoms with Crippen LogP contribution in [0.25, 0.3) is 15.7 Å². The van der Waals surface area contributed by atoms with Gasteiger partial charge in [0.05, 0.1) is 23.7 Å². The van der Waals surface area contributed by atoms with Gasteiger partial charge in [-0.25, -0.2) is 4.85 Å². The fraction of sp³-hybridized carbons (Fsp3) is 0.292. The van der Waals surface area contributed by atoms with E-state index < -0.39 is 0 Å². The standard InChI is InChI=1S/C24H22N4O/c1-17-13-24(22-14-20(26-2)7-8-23(22)27-17)29-21-9-11-28(12-10-21)16-19-6-4-3-5-18(19)15-25/h3-8,13-14,21H,9-12,16H2,1H3. The monoisotopic (exact) mass is 382 g/mol. The summed E-state index contributed by atoms with van der Waals surface area (Å²) >= 11 is 0. The van der Waals surface area contributed by atoms with Crippen molar-refractivity contribution >= 4 is 16.6 Å². The van der Waals surface area contributed by atoms with Gasteiger partial charge in [0, 0.05) is 36.8 Å². The van der Waals surface area contributed by atoms with Gasteiger partial charge in [0.1, 0.15) is 11.9 Å². The highest BCUT2D eigenvalue weighted by Gasteiger charge is 2.22. The van der Waals surface area contributed by atoms with Gasteiger partial charge in [-0.3, -0.25) is 9.88 Å². The highest BCUT2D eigenvalue weighted by Crippen LogP contribution is 2.31. The van der Waals surface area contributed by atoms with Gasteiger partial charge < -0.3 is 4.74 Å². The number of ether oxygens (including phenoxy) is 1. The van der Waals surface area contributed by atoms with E-state index in [1.165, 1.54) is 0 Å². The summed E-state index contributed by atoms with van der Waals surface area (Å²) in [6.07, 6.45) is 2.00. The summed E-state index contributed by atoms with van der Waals surface area (Å²) < 4.78 is 6.37. The molecule has 0 saturated carbocycles. The van der Waals surface area contributed by atoms with Crippen molar-refractivity contribution in [2.75, 3.05) is 13.1 Å². The van der Waals surface area contributed by atoms with Gasteiger partial charge in [0.2, 0.25) is 0 Å². The summed E-state index contributed by atoms with van der Waals surface area (Å²) in [5.41, 5.74) is 4.20. The number of aromatic nitrogens is 1. The maximum atomic E-state index is 9.29. The van der Waals surface area contributed by atoms with Crippen molar-refractivity contribution in [3.05, 3.63) is 76.8 Å². The van der Waals surface area contributed by atoms with Crippen molar-refractivity contribution < 1.29 is 4.74 Å². The smallest absolute Gasteiger partial charge is 0.188 e. The van der Waals surface area contributed by atoms with Gasteiger partial charge in [0.15, 0.2) is 5.69 Å². The molecule has 0 N–H and O–H groups in total. The number of hydrogen-bond acceptors (Lipinski definition) is 4. The molecule has 0 radical (unpaired) electrons. The first-order valence-corrected chi connectivity index (χ1v) is 9.82. The van der Waals surface area contributed by atoms with E-state index in [1.807, 2.05) is 49.4 Å². The van der Waals surface area contributed by atoms with Gasteiger partial charge in [-0.15, -0.1) is 0 Å². The number of likely N-dealkylation sites (tertiary alicyclic amines) is 1. The number of benzene rings is 2. The van der Waals surface area contributed by atoms with Crippen LogP contribution in [0.3, 0.4) is 0 Å². The minimum Gasteiger partial charge on any atom is -0.490 e. The average Bonchev–Trinajstić information content (AvgIpc) is 2.75. The Morgan fingerprint density at radius 2 is 2.00 bits per heavy atom. The number of nitriles is 1. The molecule has 2 heterocycles. The largest absolute Gasteiger partial charge is 0.490 e. The molecule has 1 saturated heterocycles. The molecule has 144 valence electrons. The number of nitrogens with zero attached hydrogens (tertiary/aromatic N) is 4. The Kier molecular flexibility index (Phi) is 5.42. The Labute approximate surface area is 171 Å². The Morgan fingerprint density at radius 3 is 2.76 bits per heavy atom. The maximum absolute atomic E-state index is 9.29. The number of rotatable bonds is 4. The zero-order valence-electron chi connectivity index (χ0n) is 16.4. The van der Waals surface area contributed by atoms with Crippen LogP contribution in [-0.2, 0) is 6.54 Å². The topological polar surface area (TPSA) is 53.5 Å². The predicted octanol–water partition coefficient (Wildman–Crippen LogP) is 5.01. The number of pyridine rings is 1. The van der Waals surface area contributed by atoms with Gasteiger partial charge in [0.25, 0.3) is 0 Å². The molecule has 29 heavy (non-hydrogen) atoms. The molecule has 0 spiro atoms. The SMILES string of the molecule is [C-]#[N+]c1ccc2nc(C)cc(OC3CCN(Cc4ccccc4C#N)CC3)c2c1. The van der Waals surface area contributed by atoms with Crippen molar-refractivity contribution in [2.45, 2.75) is 32.4 Å². The van der Waals surface area contributed by atoms with E-state index in [0.717, 1.165) is 65.9 Å². The highest BCUT2D eigenvalue weighted by atomic mass is 16.5. The van der Waals surface area contributed by atoms with Crippen molar-refractivity contribution in [3.8, 4) is 11.8 Å². The molecule has 3 aromatic rings. The second kappa shape index (κ2) is 8.31. The van der Waals surface area contributed by atoms with Crippen LogP contribution in [0, 0.1) is 24.8 Å². The third-order valence-corrected chi connectivity index (χ3v) is 5.37. The molecule has 5 nitrogen and oxygen atoms in total. The van der Waals surface area contributed by atoms with E-state index in [-0.39, 0.29) is 6.10 Å². The van der Waals surface area contributed by atoms with Gasteiger partial charge >= 0.3 is 0 Å². The second-order valence-electron chi connectivity index (χ2n) is 7.44. The third-order valence-electron chi connectivity index (χ3n) is 5.37. The number of fused-ring (bicyclic) bond motifs is 1. The van der Waals surface area contributed by atoms with Gasteiger partial charge in [-0.2, -0.15) is 5.26 Å². The summed E-state index contributed by atoms with van der Waals surface area (Å²) in [4.78, 5) is 10.5. The maximum Gasteiger partial charge on any atom is 0.188 e. The van der Waals surface area contributed by atoms with Crippen LogP contribution in [0.2, 0.25) is 0 Å². The molecular formula is C24H22N4O. The van der Waals surface area contributed by atoms with Crippen LogP contribution in [-0.4, -0.2) is 29.1 Å². The summed E-state index contributed by atoms with van der Waals surface area (Å²) in [5, 5.41) is 10.2. The molecule has 0 aliphatic carbocycles. The van der Waals surface area contributed by atoms with Crippen LogP contribution < -0.4 is 4.74 Å². The van der Waals surface area contributed by atoms with Crippen LogP contribution >= 0.6 is 0 Å². The normalized spacial score (nSPS) is 15.0. The molecule has 0 bridgehead atoms. The van der Waals surface area contributed by atoms with Gasteiger partial charge in [-0.1, -0.05) is 24.3 Å². The molecule has 1 fully saturated rings. The summed E-state index contributed by atoms with van der Waals surface area (Å²) in [6.45, 7) is 11.9. The van der Waals surface area contributed by atoms with Crippen LogP contribution in [0.1, 0.15) is 29.7 Å². The lowest BCUT2D eigenvalue weighted by molar-refractivity contribution is 0.0978. The van der Waals surface area contributed by atoms with Crippen molar-refractivity contribution in [3.63, 3.8) is 0 Å². The Balaban J connectivity index is 1.45. The molecule has 5 heteroatoms. The molecule has 2 aromatic carbocycles. The summed E-state index contributed by atoms with van der Waals surface area (Å²) in [7, 11) is 0. The first-order chi connectivity index (χ1) is 14.2. The summed E-state index contributed by atoms with van der Waals surface area (Å²) in [6, 6.07) is 17.6. The Morgan fingerprint density at radius 1 is 1.21 bits per heavy atom. The van der Waals surface area contributed by atoms with Crippen LogP contribution in [0.15, 0.2) is 48.5 Å². The fourth-order valence-corrected chi connectivity index (χ4v) is 3.85. The van der Waals surface area contributed by atoms with Crippen LogP contribution in [0.4, 0.5) is 5.69 Å². The van der Waals surface area contributed by atoms with E-state index in [0.29, 0.717) is 5.69 Å². The Bertz CT molecular complexity index is 1120. The van der Waals surface area contributed by atoms with E-state index in [1.54, 1.807) is 6.07 Å². The molecule has 4 rings (SSSR count). The van der Waals surface area contributed by atoms with E-state index in [9.17, 15) is 5.26 Å². The fourth-order valence-electron chi connectivity index (χ4n) is 3.85. The van der Waals surface area contributed by atoms with E-state index in [4.69, 9.17) is 11.3 Å². The first-order valence-electron chi connectivity index (χ1n) is 9.82. The van der Waals surface area contributed by atoms with E-state index >= 15 is 0 Å². The average molecular weight is 382 g/mol. The predicted molar refractivity (Wildman–Crippen MR) is 113 cm³/mol. The second-order valence-corrected chi connectivity index (χ2v) is 7.44. The molecule has 0 atom stereocenters.